The molecule has 0 aromatic carbocycles. The Balaban J connectivity index is 2.49. The average Bonchev–Trinajstić information content (AvgIpc) is 2.33. The van der Waals surface area contributed by atoms with Crippen LogP contribution in [0.2, 0.25) is 0 Å². The van der Waals surface area contributed by atoms with Crippen molar-refractivity contribution in [3.05, 3.63) is 0 Å². The molecule has 2 atom stereocenters. The Labute approximate surface area is 61.6 Å². The molecule has 0 N–H and O–H groups in total. The van der Waals surface area contributed by atoms with Crippen LogP contribution in [0.1, 0.15) is 20.3 Å². The van der Waals surface area contributed by atoms with E-state index in [0.717, 1.165) is 19.3 Å². The number of rotatable bonds is 2. The average molecular weight is 142 g/mol. The maximum absolute atomic E-state index is 10.4. The minimum atomic E-state index is 0.153. The Morgan fingerprint density at radius 3 is 2.70 bits per heavy atom. The van der Waals surface area contributed by atoms with Gasteiger partial charge in [0.15, 0.2) is 0 Å². The fourth-order valence-electron chi connectivity index (χ4n) is 1.46. The highest BCUT2D eigenvalue weighted by Crippen LogP contribution is 2.24. The van der Waals surface area contributed by atoms with E-state index in [2.05, 4.69) is 13.8 Å². The van der Waals surface area contributed by atoms with Crippen molar-refractivity contribution < 1.29 is 9.53 Å². The standard InChI is InChI=1S/C8H14O2/c1-6(2)8-7(5-9)3-4-10-8/h5-8H,3-4H2,1-2H3/t7-,8-/m1/s1. The zero-order valence-corrected chi connectivity index (χ0v) is 6.54. The first-order valence-corrected chi connectivity index (χ1v) is 3.82. The monoisotopic (exact) mass is 142 g/mol. The van der Waals surface area contributed by atoms with Crippen molar-refractivity contribution in [2.24, 2.45) is 11.8 Å². The van der Waals surface area contributed by atoms with Gasteiger partial charge in [-0.3, -0.25) is 0 Å². The molecule has 0 aromatic rings. The molecule has 10 heavy (non-hydrogen) atoms. The lowest BCUT2D eigenvalue weighted by Gasteiger charge is -2.16. The summed E-state index contributed by atoms with van der Waals surface area (Å²) in [5.74, 6) is 0.623. The second-order valence-corrected chi connectivity index (χ2v) is 3.17. The van der Waals surface area contributed by atoms with Crippen LogP contribution in [0.4, 0.5) is 0 Å². The van der Waals surface area contributed by atoms with Crippen LogP contribution in [0.3, 0.4) is 0 Å². The third kappa shape index (κ3) is 1.37. The van der Waals surface area contributed by atoms with Crippen LogP contribution in [0.5, 0.6) is 0 Å². The molecular weight excluding hydrogens is 128 g/mol. The predicted octanol–water partition coefficient (Wildman–Crippen LogP) is 1.25. The van der Waals surface area contributed by atoms with Crippen LogP contribution in [0.15, 0.2) is 0 Å². The third-order valence-corrected chi connectivity index (χ3v) is 2.02. The van der Waals surface area contributed by atoms with Gasteiger partial charge in [-0.1, -0.05) is 13.8 Å². The lowest BCUT2D eigenvalue weighted by atomic mass is 9.94. The minimum absolute atomic E-state index is 0.153. The summed E-state index contributed by atoms with van der Waals surface area (Å²) in [6.07, 6.45) is 2.11. The highest BCUT2D eigenvalue weighted by Gasteiger charge is 2.29. The van der Waals surface area contributed by atoms with Crippen LogP contribution >= 0.6 is 0 Å². The van der Waals surface area contributed by atoms with E-state index in [4.69, 9.17) is 4.74 Å². The van der Waals surface area contributed by atoms with Gasteiger partial charge in [-0.25, -0.2) is 0 Å². The minimum Gasteiger partial charge on any atom is -0.377 e. The highest BCUT2D eigenvalue weighted by molar-refractivity contribution is 5.55. The molecule has 58 valence electrons. The van der Waals surface area contributed by atoms with Crippen LogP contribution in [0.25, 0.3) is 0 Å². The van der Waals surface area contributed by atoms with Gasteiger partial charge in [-0.05, 0) is 12.3 Å². The summed E-state index contributed by atoms with van der Waals surface area (Å²) < 4.78 is 5.39. The number of hydrogen-bond donors (Lipinski definition) is 0. The van der Waals surface area contributed by atoms with Gasteiger partial charge in [0.1, 0.15) is 6.29 Å². The maximum atomic E-state index is 10.4. The molecule has 1 rings (SSSR count). The number of carbonyl (C=O) groups excluding carboxylic acids is 1. The number of carbonyl (C=O) groups is 1. The molecule has 1 fully saturated rings. The van der Waals surface area contributed by atoms with E-state index < -0.39 is 0 Å². The number of aldehydes is 1. The summed E-state index contributed by atoms with van der Waals surface area (Å²) in [5, 5.41) is 0. The van der Waals surface area contributed by atoms with Crippen LogP contribution < -0.4 is 0 Å². The molecular formula is C8H14O2. The fourth-order valence-corrected chi connectivity index (χ4v) is 1.46. The zero-order valence-electron chi connectivity index (χ0n) is 6.54. The van der Waals surface area contributed by atoms with Gasteiger partial charge in [0.05, 0.1) is 6.10 Å². The maximum Gasteiger partial charge on any atom is 0.125 e. The van der Waals surface area contributed by atoms with E-state index in [9.17, 15) is 4.79 Å². The van der Waals surface area contributed by atoms with Crippen molar-refractivity contribution in [1.29, 1.82) is 0 Å². The first kappa shape index (κ1) is 7.73. The molecule has 1 saturated heterocycles. The van der Waals surface area contributed by atoms with Crippen molar-refractivity contribution in [2.75, 3.05) is 6.61 Å². The summed E-state index contributed by atoms with van der Waals surface area (Å²) in [6.45, 7) is 4.94. The molecule has 0 spiro atoms. The van der Waals surface area contributed by atoms with Gasteiger partial charge >= 0.3 is 0 Å². The Kier molecular flexibility index (Phi) is 2.44. The molecule has 0 unspecified atom stereocenters. The summed E-state index contributed by atoms with van der Waals surface area (Å²) in [5.41, 5.74) is 0. The van der Waals surface area contributed by atoms with Crippen molar-refractivity contribution in [3.63, 3.8) is 0 Å². The fraction of sp³-hybridized carbons (Fsp3) is 0.875. The highest BCUT2D eigenvalue weighted by atomic mass is 16.5. The second-order valence-electron chi connectivity index (χ2n) is 3.17. The van der Waals surface area contributed by atoms with Crippen molar-refractivity contribution >= 4 is 6.29 Å². The molecule has 1 heterocycles. The SMILES string of the molecule is CC(C)[C@H]1OCC[C@@H]1C=O. The van der Waals surface area contributed by atoms with Gasteiger partial charge in [-0.2, -0.15) is 0 Å². The summed E-state index contributed by atoms with van der Waals surface area (Å²) in [6, 6.07) is 0. The van der Waals surface area contributed by atoms with Crippen LogP contribution in [-0.4, -0.2) is 19.0 Å². The first-order chi connectivity index (χ1) is 4.75. The molecule has 1 aliphatic rings. The molecule has 1 aliphatic heterocycles. The van der Waals surface area contributed by atoms with Crippen molar-refractivity contribution in [1.82, 2.24) is 0 Å². The Morgan fingerprint density at radius 1 is 1.60 bits per heavy atom. The number of ether oxygens (including phenoxy) is 1. The van der Waals surface area contributed by atoms with Crippen LogP contribution in [0, 0.1) is 11.8 Å². The van der Waals surface area contributed by atoms with Crippen molar-refractivity contribution in [2.45, 2.75) is 26.4 Å². The van der Waals surface area contributed by atoms with Gasteiger partial charge in [-0.15, -0.1) is 0 Å². The van der Waals surface area contributed by atoms with E-state index in [1.54, 1.807) is 0 Å². The summed E-state index contributed by atoms with van der Waals surface area (Å²) in [7, 11) is 0. The lowest BCUT2D eigenvalue weighted by molar-refractivity contribution is -0.113. The lowest BCUT2D eigenvalue weighted by Crippen LogP contribution is -2.23. The normalized spacial score (nSPS) is 33.1. The molecule has 0 amide bonds. The smallest absolute Gasteiger partial charge is 0.125 e. The molecule has 0 bridgehead atoms. The molecule has 0 radical (unpaired) electrons. The third-order valence-electron chi connectivity index (χ3n) is 2.02. The second kappa shape index (κ2) is 3.15. The van der Waals surface area contributed by atoms with Gasteiger partial charge in [0.2, 0.25) is 0 Å². The van der Waals surface area contributed by atoms with Gasteiger partial charge in [0.25, 0.3) is 0 Å². The Morgan fingerprint density at radius 2 is 2.30 bits per heavy atom. The molecule has 0 aromatic heterocycles. The molecule has 2 nitrogen and oxygen atoms in total. The number of hydrogen-bond acceptors (Lipinski definition) is 2. The molecule has 2 heteroatoms. The Hall–Kier alpha value is -0.370. The van der Waals surface area contributed by atoms with Crippen LogP contribution in [-0.2, 0) is 9.53 Å². The van der Waals surface area contributed by atoms with E-state index in [0.29, 0.717) is 5.92 Å². The van der Waals surface area contributed by atoms with Gasteiger partial charge < -0.3 is 9.53 Å². The summed E-state index contributed by atoms with van der Waals surface area (Å²) >= 11 is 0. The summed E-state index contributed by atoms with van der Waals surface area (Å²) in [4.78, 5) is 10.4. The van der Waals surface area contributed by atoms with Gasteiger partial charge in [0, 0.05) is 12.5 Å². The van der Waals surface area contributed by atoms with E-state index in [1.165, 1.54) is 0 Å². The molecule has 0 aliphatic carbocycles. The van der Waals surface area contributed by atoms with Crippen molar-refractivity contribution in [3.8, 4) is 0 Å². The Bertz CT molecular complexity index is 120. The largest absolute Gasteiger partial charge is 0.377 e. The first-order valence-electron chi connectivity index (χ1n) is 3.82. The zero-order chi connectivity index (χ0) is 7.56. The van der Waals surface area contributed by atoms with E-state index in [-0.39, 0.29) is 12.0 Å². The topological polar surface area (TPSA) is 26.3 Å². The predicted molar refractivity (Wildman–Crippen MR) is 38.7 cm³/mol. The molecule has 0 saturated carbocycles. The van der Waals surface area contributed by atoms with E-state index >= 15 is 0 Å². The quantitative estimate of drug-likeness (QED) is 0.542. The van der Waals surface area contributed by atoms with E-state index in [1.807, 2.05) is 0 Å².